The first-order chi connectivity index (χ1) is 6.89. The van der Waals surface area contributed by atoms with Crippen LogP contribution in [0, 0.1) is 5.92 Å². The normalized spacial score (nSPS) is 13.7. The van der Waals surface area contributed by atoms with Gasteiger partial charge in [-0.1, -0.05) is 33.1 Å². The van der Waals surface area contributed by atoms with Crippen LogP contribution in [0.1, 0.15) is 39.5 Å². The number of carboxylic acid groups (broad SMARTS) is 1. The molecule has 0 aliphatic carbocycles. The monoisotopic (exact) mass is 236 g/mol. The Morgan fingerprint density at radius 2 is 1.87 bits per heavy atom. The molecule has 4 nitrogen and oxygen atoms in total. The van der Waals surface area contributed by atoms with Gasteiger partial charge in [-0.2, -0.15) is 0 Å². The molecule has 0 amide bonds. The summed E-state index contributed by atoms with van der Waals surface area (Å²) >= 11 is 0. The summed E-state index contributed by atoms with van der Waals surface area (Å²) in [6, 6.07) is 0. The van der Waals surface area contributed by atoms with E-state index in [1.807, 2.05) is 0 Å². The van der Waals surface area contributed by atoms with Crippen molar-refractivity contribution in [3.05, 3.63) is 0 Å². The van der Waals surface area contributed by atoms with Crippen LogP contribution in [0.2, 0.25) is 0 Å². The van der Waals surface area contributed by atoms with Crippen LogP contribution in [0.15, 0.2) is 0 Å². The van der Waals surface area contributed by atoms with Gasteiger partial charge in [0.25, 0.3) is 0 Å². The lowest BCUT2D eigenvalue weighted by Crippen LogP contribution is -2.22. The van der Waals surface area contributed by atoms with Crippen LogP contribution < -0.4 is 0 Å². The minimum Gasteiger partial charge on any atom is -0.481 e. The zero-order valence-electron chi connectivity index (χ0n) is 9.40. The van der Waals surface area contributed by atoms with E-state index in [1.165, 1.54) is 6.92 Å². The average Bonchev–Trinajstić information content (AvgIpc) is 2.11. The molecule has 1 atom stereocenters. The fraction of sp³-hybridized carbons (Fsp3) is 0.900. The van der Waals surface area contributed by atoms with Gasteiger partial charge >= 0.3 is 5.97 Å². The summed E-state index contributed by atoms with van der Waals surface area (Å²) in [5, 5.41) is 8.59. The Bertz CT molecular complexity index is 282. The molecule has 15 heavy (non-hydrogen) atoms. The second kappa shape index (κ2) is 6.82. The molecule has 0 aliphatic heterocycles. The lowest BCUT2D eigenvalue weighted by molar-refractivity contribution is -0.140. The van der Waals surface area contributed by atoms with E-state index in [-0.39, 0.29) is 11.5 Å². The zero-order valence-corrected chi connectivity index (χ0v) is 10.2. The number of carbonyl (C=O) groups is 1. The van der Waals surface area contributed by atoms with Crippen molar-refractivity contribution in [2.75, 3.05) is 11.5 Å². The summed E-state index contributed by atoms with van der Waals surface area (Å²) < 4.78 is 22.9. The minimum atomic E-state index is -3.19. The molecule has 90 valence electrons. The van der Waals surface area contributed by atoms with Gasteiger partial charge in [0.1, 0.15) is 0 Å². The SMILES string of the molecule is CCCCCCS(=O)(=O)CC(C)C(=O)O. The fourth-order valence-electron chi connectivity index (χ4n) is 1.28. The molecule has 0 spiro atoms. The second-order valence-electron chi connectivity index (χ2n) is 3.91. The van der Waals surface area contributed by atoms with Crippen LogP contribution in [0.25, 0.3) is 0 Å². The van der Waals surface area contributed by atoms with E-state index < -0.39 is 21.7 Å². The first-order valence-electron chi connectivity index (χ1n) is 5.32. The molecule has 0 radical (unpaired) electrons. The van der Waals surface area contributed by atoms with E-state index in [1.54, 1.807) is 0 Å². The van der Waals surface area contributed by atoms with Crippen molar-refractivity contribution in [3.8, 4) is 0 Å². The number of hydrogen-bond donors (Lipinski definition) is 1. The Morgan fingerprint density at radius 1 is 1.27 bits per heavy atom. The van der Waals surface area contributed by atoms with Crippen molar-refractivity contribution in [3.63, 3.8) is 0 Å². The average molecular weight is 236 g/mol. The zero-order chi connectivity index (χ0) is 11.9. The van der Waals surface area contributed by atoms with Gasteiger partial charge in [0, 0.05) is 0 Å². The first kappa shape index (κ1) is 14.4. The van der Waals surface area contributed by atoms with Crippen LogP contribution in [-0.2, 0) is 14.6 Å². The highest BCUT2D eigenvalue weighted by molar-refractivity contribution is 7.91. The highest BCUT2D eigenvalue weighted by Crippen LogP contribution is 2.07. The third-order valence-electron chi connectivity index (χ3n) is 2.23. The van der Waals surface area contributed by atoms with E-state index in [4.69, 9.17) is 5.11 Å². The van der Waals surface area contributed by atoms with Crippen molar-refractivity contribution in [2.24, 2.45) is 5.92 Å². The third kappa shape index (κ3) is 7.36. The van der Waals surface area contributed by atoms with E-state index >= 15 is 0 Å². The molecule has 0 fully saturated rings. The van der Waals surface area contributed by atoms with Crippen molar-refractivity contribution in [2.45, 2.75) is 39.5 Å². The molecule has 0 aromatic rings. The van der Waals surface area contributed by atoms with Gasteiger partial charge < -0.3 is 5.11 Å². The Balaban J connectivity index is 3.92. The predicted molar refractivity (Wildman–Crippen MR) is 59.6 cm³/mol. The summed E-state index contributed by atoms with van der Waals surface area (Å²) in [6.07, 6.45) is 3.63. The molecule has 1 N–H and O–H groups in total. The van der Waals surface area contributed by atoms with E-state index in [0.29, 0.717) is 6.42 Å². The predicted octanol–water partition coefficient (Wildman–Crippen LogP) is 1.70. The van der Waals surface area contributed by atoms with Crippen LogP contribution in [0.3, 0.4) is 0 Å². The topological polar surface area (TPSA) is 71.4 Å². The Labute approximate surface area is 91.6 Å². The number of aliphatic carboxylic acids is 1. The number of carboxylic acids is 1. The molecule has 0 heterocycles. The minimum absolute atomic E-state index is 0.116. The summed E-state index contributed by atoms with van der Waals surface area (Å²) in [5.74, 6) is -1.98. The molecule has 5 heteroatoms. The maximum absolute atomic E-state index is 11.4. The lowest BCUT2D eigenvalue weighted by atomic mass is 10.2. The number of sulfone groups is 1. The van der Waals surface area contributed by atoms with Crippen molar-refractivity contribution in [1.82, 2.24) is 0 Å². The smallest absolute Gasteiger partial charge is 0.307 e. The Kier molecular flexibility index (Phi) is 6.56. The summed E-state index contributed by atoms with van der Waals surface area (Å²) in [5.41, 5.74) is 0. The van der Waals surface area contributed by atoms with E-state index in [9.17, 15) is 13.2 Å². The Hall–Kier alpha value is -0.580. The molecule has 1 unspecified atom stereocenters. The molecule has 0 saturated heterocycles. The quantitative estimate of drug-likeness (QED) is 0.651. The molecule has 0 saturated carbocycles. The Morgan fingerprint density at radius 3 is 2.33 bits per heavy atom. The highest BCUT2D eigenvalue weighted by atomic mass is 32.2. The third-order valence-corrected chi connectivity index (χ3v) is 4.15. The summed E-state index contributed by atoms with van der Waals surface area (Å²) in [4.78, 5) is 10.5. The van der Waals surface area contributed by atoms with Crippen molar-refractivity contribution < 1.29 is 18.3 Å². The number of unbranched alkanes of at least 4 members (excludes halogenated alkanes) is 3. The van der Waals surface area contributed by atoms with Gasteiger partial charge in [-0.3, -0.25) is 4.79 Å². The fourth-order valence-corrected chi connectivity index (χ4v) is 3.00. The van der Waals surface area contributed by atoms with E-state index in [0.717, 1.165) is 19.3 Å². The van der Waals surface area contributed by atoms with Crippen molar-refractivity contribution in [1.29, 1.82) is 0 Å². The van der Waals surface area contributed by atoms with Crippen LogP contribution >= 0.6 is 0 Å². The summed E-state index contributed by atoms with van der Waals surface area (Å²) in [6.45, 7) is 3.48. The van der Waals surface area contributed by atoms with Crippen LogP contribution in [0.5, 0.6) is 0 Å². The molecular weight excluding hydrogens is 216 g/mol. The molecule has 0 rings (SSSR count). The molecule has 0 aromatic carbocycles. The first-order valence-corrected chi connectivity index (χ1v) is 7.14. The van der Waals surface area contributed by atoms with Crippen molar-refractivity contribution >= 4 is 15.8 Å². The molecule has 0 aromatic heterocycles. The second-order valence-corrected chi connectivity index (χ2v) is 6.14. The highest BCUT2D eigenvalue weighted by Gasteiger charge is 2.20. The maximum Gasteiger partial charge on any atom is 0.307 e. The lowest BCUT2D eigenvalue weighted by Gasteiger charge is -2.07. The maximum atomic E-state index is 11.4. The molecule has 0 aliphatic rings. The van der Waals surface area contributed by atoms with Gasteiger partial charge in [-0.15, -0.1) is 0 Å². The van der Waals surface area contributed by atoms with Gasteiger partial charge in [-0.25, -0.2) is 8.42 Å². The van der Waals surface area contributed by atoms with Crippen LogP contribution in [0.4, 0.5) is 0 Å². The molecule has 0 bridgehead atoms. The van der Waals surface area contributed by atoms with Gasteiger partial charge in [0.15, 0.2) is 9.84 Å². The van der Waals surface area contributed by atoms with Gasteiger partial charge in [-0.05, 0) is 6.42 Å². The van der Waals surface area contributed by atoms with Gasteiger partial charge in [0.05, 0.1) is 17.4 Å². The summed E-state index contributed by atoms with van der Waals surface area (Å²) in [7, 11) is -3.19. The van der Waals surface area contributed by atoms with E-state index in [2.05, 4.69) is 6.92 Å². The number of rotatable bonds is 8. The van der Waals surface area contributed by atoms with Crippen LogP contribution in [-0.4, -0.2) is 31.0 Å². The molecular formula is C10H20O4S. The number of hydrogen-bond acceptors (Lipinski definition) is 3. The van der Waals surface area contributed by atoms with Gasteiger partial charge in [0.2, 0.25) is 0 Å². The standard InChI is InChI=1S/C10H20O4S/c1-3-4-5-6-7-15(13,14)8-9(2)10(11)12/h9H,3-8H2,1-2H3,(H,11,12). The largest absolute Gasteiger partial charge is 0.481 e.